The molecule has 0 atom stereocenters. The first kappa shape index (κ1) is 24.9. The molecule has 0 unspecified atom stereocenters. The Hall–Kier alpha value is -3.80. The Bertz CT molecular complexity index is 1340. The fourth-order valence-electron chi connectivity index (χ4n) is 3.98. The average Bonchev–Trinajstić information content (AvgIpc) is 3.41. The summed E-state index contributed by atoms with van der Waals surface area (Å²) in [5.74, 6) is 1.51. The number of methoxy groups -OCH3 is 1. The number of hydrogen-bond acceptors (Lipinski definition) is 10. The van der Waals surface area contributed by atoms with Crippen LogP contribution in [0.3, 0.4) is 0 Å². The second-order valence-corrected chi connectivity index (χ2v) is 9.24. The Morgan fingerprint density at radius 2 is 1.97 bits per heavy atom. The van der Waals surface area contributed by atoms with E-state index in [1.165, 1.54) is 17.7 Å². The molecule has 11 heteroatoms. The molecule has 4 aromatic rings. The van der Waals surface area contributed by atoms with E-state index in [1.807, 2.05) is 42.5 Å². The number of morpholine rings is 1. The monoisotopic (exact) mass is 520 g/mol. The van der Waals surface area contributed by atoms with Crippen LogP contribution in [0.4, 0.5) is 16.6 Å². The second-order valence-electron chi connectivity index (χ2n) is 8.38. The van der Waals surface area contributed by atoms with Crippen LogP contribution in [0.15, 0.2) is 54.2 Å². The molecule has 5 rings (SSSR count). The van der Waals surface area contributed by atoms with Gasteiger partial charge in [0.2, 0.25) is 0 Å². The SMILES string of the molecule is COc1cc2c(Nc3nc(C(=O)Nc4ccccc4)cs3)ncnc2cc1OCCCN1CCOCC1. The summed E-state index contributed by atoms with van der Waals surface area (Å²) in [6.45, 7) is 5.04. The topological polar surface area (TPSA) is 111 Å². The summed E-state index contributed by atoms with van der Waals surface area (Å²) >= 11 is 1.32. The molecule has 2 N–H and O–H groups in total. The third-order valence-corrected chi connectivity index (χ3v) is 6.65. The lowest BCUT2D eigenvalue weighted by Gasteiger charge is -2.26. The third-order valence-electron chi connectivity index (χ3n) is 5.89. The van der Waals surface area contributed by atoms with Crippen molar-refractivity contribution in [1.29, 1.82) is 0 Å². The molecule has 2 aromatic carbocycles. The number of nitrogens with one attached hydrogen (secondary N) is 2. The molecule has 1 fully saturated rings. The number of benzene rings is 2. The van der Waals surface area contributed by atoms with Gasteiger partial charge in [0.25, 0.3) is 5.91 Å². The summed E-state index contributed by atoms with van der Waals surface area (Å²) < 4.78 is 17.0. The van der Waals surface area contributed by atoms with Crippen LogP contribution < -0.4 is 20.1 Å². The average molecular weight is 521 g/mol. The highest BCUT2D eigenvalue weighted by Gasteiger charge is 2.15. The maximum Gasteiger partial charge on any atom is 0.275 e. The summed E-state index contributed by atoms with van der Waals surface area (Å²) in [5.41, 5.74) is 1.74. The van der Waals surface area contributed by atoms with Crippen LogP contribution in [0.2, 0.25) is 0 Å². The van der Waals surface area contributed by atoms with Crippen LogP contribution in [0, 0.1) is 0 Å². The van der Waals surface area contributed by atoms with Crippen molar-refractivity contribution in [3.63, 3.8) is 0 Å². The van der Waals surface area contributed by atoms with Crippen molar-refractivity contribution >= 4 is 44.8 Å². The van der Waals surface area contributed by atoms with Crippen LogP contribution in [0.1, 0.15) is 16.9 Å². The minimum absolute atomic E-state index is 0.278. The predicted molar refractivity (Wildman–Crippen MR) is 143 cm³/mol. The Morgan fingerprint density at radius 1 is 1.14 bits per heavy atom. The normalized spacial score (nSPS) is 13.9. The van der Waals surface area contributed by atoms with Gasteiger partial charge >= 0.3 is 0 Å². The first-order chi connectivity index (χ1) is 18.2. The van der Waals surface area contributed by atoms with Gasteiger partial charge in [0.1, 0.15) is 17.8 Å². The van der Waals surface area contributed by atoms with E-state index in [0.717, 1.165) is 44.7 Å². The summed E-state index contributed by atoms with van der Waals surface area (Å²) in [4.78, 5) is 28.2. The first-order valence-corrected chi connectivity index (χ1v) is 12.9. The molecule has 0 saturated carbocycles. The molecule has 1 saturated heterocycles. The van der Waals surface area contributed by atoms with Gasteiger partial charge in [0.15, 0.2) is 16.6 Å². The number of para-hydroxylation sites is 1. The number of carbonyl (C=O) groups is 1. The van der Waals surface area contributed by atoms with Crippen molar-refractivity contribution in [2.45, 2.75) is 6.42 Å². The Balaban J connectivity index is 1.26. The largest absolute Gasteiger partial charge is 0.493 e. The number of anilines is 3. The molecule has 0 spiro atoms. The smallest absolute Gasteiger partial charge is 0.275 e. The second kappa shape index (κ2) is 12.0. The molecule has 10 nitrogen and oxygen atoms in total. The first-order valence-electron chi connectivity index (χ1n) is 12.0. The number of hydrogen-bond donors (Lipinski definition) is 2. The lowest BCUT2D eigenvalue weighted by molar-refractivity contribution is 0.0357. The van der Waals surface area contributed by atoms with Crippen LogP contribution in [0.5, 0.6) is 11.5 Å². The van der Waals surface area contributed by atoms with E-state index in [-0.39, 0.29) is 5.91 Å². The molecule has 0 radical (unpaired) electrons. The van der Waals surface area contributed by atoms with Crippen LogP contribution in [-0.2, 0) is 4.74 Å². The maximum absolute atomic E-state index is 12.6. The molecule has 37 heavy (non-hydrogen) atoms. The van der Waals surface area contributed by atoms with Gasteiger partial charge in [0.05, 0.1) is 32.4 Å². The Labute approximate surface area is 218 Å². The molecule has 3 heterocycles. The third kappa shape index (κ3) is 6.31. The van der Waals surface area contributed by atoms with E-state index in [0.29, 0.717) is 46.0 Å². The molecular weight excluding hydrogens is 492 g/mol. The van der Waals surface area contributed by atoms with Gasteiger partial charge in [-0.2, -0.15) is 0 Å². The van der Waals surface area contributed by atoms with Crippen molar-refractivity contribution in [3.8, 4) is 11.5 Å². The fraction of sp³-hybridized carbons (Fsp3) is 0.308. The molecule has 192 valence electrons. The van der Waals surface area contributed by atoms with Gasteiger partial charge in [-0.1, -0.05) is 18.2 Å². The lowest BCUT2D eigenvalue weighted by atomic mass is 10.2. The van der Waals surface area contributed by atoms with Gasteiger partial charge in [-0.3, -0.25) is 9.69 Å². The van der Waals surface area contributed by atoms with Crippen molar-refractivity contribution < 1.29 is 19.0 Å². The van der Waals surface area contributed by atoms with Crippen LogP contribution in [-0.4, -0.2) is 72.3 Å². The fourth-order valence-corrected chi connectivity index (χ4v) is 4.67. The minimum atomic E-state index is -0.278. The van der Waals surface area contributed by atoms with Crippen LogP contribution >= 0.6 is 11.3 Å². The quantitative estimate of drug-likeness (QED) is 0.297. The standard InChI is InChI=1S/C26H28N6O4S/c1-34-22-14-19-20(15-23(22)36-11-5-8-32-9-12-35-13-10-32)27-17-28-24(19)31-26-30-21(16-37-26)25(33)29-18-6-3-2-4-7-18/h2-4,6-7,14-17H,5,8-13H2,1H3,(H,29,33)(H,27,28,30,31). The summed E-state index contributed by atoms with van der Waals surface area (Å²) in [5, 5.41) is 9.05. The molecule has 0 bridgehead atoms. The number of carbonyl (C=O) groups excluding carboxylic acids is 1. The van der Waals surface area contributed by atoms with E-state index in [9.17, 15) is 4.79 Å². The molecule has 1 amide bonds. The van der Waals surface area contributed by atoms with Gasteiger partial charge in [-0.15, -0.1) is 11.3 Å². The van der Waals surface area contributed by atoms with Gasteiger partial charge in [0, 0.05) is 42.2 Å². The highest BCUT2D eigenvalue weighted by Crippen LogP contribution is 2.35. The summed E-state index contributed by atoms with van der Waals surface area (Å²) in [6.07, 6.45) is 2.39. The van der Waals surface area contributed by atoms with E-state index in [1.54, 1.807) is 12.5 Å². The van der Waals surface area contributed by atoms with Gasteiger partial charge < -0.3 is 24.8 Å². The maximum atomic E-state index is 12.6. The number of rotatable bonds is 10. The van der Waals surface area contributed by atoms with Crippen molar-refractivity contribution in [2.75, 3.05) is 57.2 Å². The van der Waals surface area contributed by atoms with E-state index in [2.05, 4.69) is 30.5 Å². The Kier molecular flexibility index (Phi) is 8.04. The predicted octanol–water partition coefficient (Wildman–Crippen LogP) is 4.19. The number of thiazole rings is 1. The molecule has 1 aliphatic rings. The number of aromatic nitrogens is 3. The number of ether oxygens (including phenoxy) is 3. The van der Waals surface area contributed by atoms with E-state index < -0.39 is 0 Å². The number of fused-ring (bicyclic) bond motifs is 1. The molecular formula is C26H28N6O4S. The zero-order chi connectivity index (χ0) is 25.5. The molecule has 1 aliphatic heterocycles. The zero-order valence-electron chi connectivity index (χ0n) is 20.5. The Morgan fingerprint density at radius 3 is 2.78 bits per heavy atom. The zero-order valence-corrected chi connectivity index (χ0v) is 21.3. The van der Waals surface area contributed by atoms with Gasteiger partial charge in [-0.25, -0.2) is 15.0 Å². The highest BCUT2D eigenvalue weighted by molar-refractivity contribution is 7.14. The highest BCUT2D eigenvalue weighted by atomic mass is 32.1. The molecule has 2 aromatic heterocycles. The van der Waals surface area contributed by atoms with Gasteiger partial charge in [-0.05, 0) is 24.6 Å². The number of nitrogens with zero attached hydrogens (tertiary/aromatic N) is 4. The van der Waals surface area contributed by atoms with Crippen molar-refractivity contribution in [2.24, 2.45) is 0 Å². The van der Waals surface area contributed by atoms with E-state index in [4.69, 9.17) is 14.2 Å². The number of amides is 1. The molecule has 0 aliphatic carbocycles. The van der Waals surface area contributed by atoms with E-state index >= 15 is 0 Å². The summed E-state index contributed by atoms with van der Waals surface area (Å²) in [7, 11) is 1.61. The summed E-state index contributed by atoms with van der Waals surface area (Å²) in [6, 6.07) is 13.0. The van der Waals surface area contributed by atoms with Crippen molar-refractivity contribution in [3.05, 3.63) is 59.9 Å². The lowest BCUT2D eigenvalue weighted by Crippen LogP contribution is -2.37. The van der Waals surface area contributed by atoms with Crippen LogP contribution in [0.25, 0.3) is 10.9 Å². The van der Waals surface area contributed by atoms with Crippen molar-refractivity contribution in [1.82, 2.24) is 19.9 Å². The minimum Gasteiger partial charge on any atom is -0.493 e.